The Morgan fingerprint density at radius 1 is 1.19 bits per heavy atom. The Bertz CT molecular complexity index is 863. The van der Waals surface area contributed by atoms with Gasteiger partial charge in [0, 0.05) is 34.1 Å². The maximum absolute atomic E-state index is 9.29. The van der Waals surface area contributed by atoms with Crippen molar-refractivity contribution in [1.82, 2.24) is 5.32 Å². The van der Waals surface area contributed by atoms with Crippen molar-refractivity contribution in [3.05, 3.63) is 70.3 Å². The molecule has 7 heteroatoms. The van der Waals surface area contributed by atoms with E-state index in [9.17, 15) is 10.2 Å². The lowest BCUT2D eigenvalue weighted by molar-refractivity contribution is 0.192. The molecule has 0 aliphatic carbocycles. The summed E-state index contributed by atoms with van der Waals surface area (Å²) < 4.78 is 0. The molecule has 2 aromatic carbocycles. The summed E-state index contributed by atoms with van der Waals surface area (Å²) in [5.74, 6) is -1.51. The van der Waals surface area contributed by atoms with Crippen molar-refractivity contribution < 1.29 is 10.2 Å². The van der Waals surface area contributed by atoms with E-state index in [0.717, 1.165) is 28.1 Å². The molecule has 3 rings (SSSR count). The third-order valence-corrected chi connectivity index (χ3v) is 4.73. The molecule has 6 nitrogen and oxygen atoms in total. The molecule has 0 saturated carbocycles. The fraction of sp³-hybridized carbons (Fsp3) is 0.250. The molecule has 0 spiro atoms. The van der Waals surface area contributed by atoms with Gasteiger partial charge in [-0.15, -0.1) is 0 Å². The van der Waals surface area contributed by atoms with Crippen molar-refractivity contribution in [3.8, 4) is 0 Å². The number of aliphatic hydroxyl groups excluding tert-OH is 2. The van der Waals surface area contributed by atoms with E-state index >= 15 is 0 Å². The van der Waals surface area contributed by atoms with Crippen molar-refractivity contribution in [2.24, 2.45) is 10.7 Å². The summed E-state index contributed by atoms with van der Waals surface area (Å²) >= 11 is 6.13. The van der Waals surface area contributed by atoms with E-state index in [-0.39, 0.29) is 19.1 Å². The summed E-state index contributed by atoms with van der Waals surface area (Å²) in [6.45, 7) is 1.79. The molecule has 1 aliphatic rings. The number of nitrogens with zero attached hydrogens (tertiary/aromatic N) is 1. The predicted octanol–water partition coefficient (Wildman–Crippen LogP) is 2.41. The number of nitrogens with two attached hydrogens (primary N) is 1. The van der Waals surface area contributed by atoms with Crippen LogP contribution in [0.3, 0.4) is 0 Å². The quantitative estimate of drug-likeness (QED) is 0.490. The second-order valence-electron chi connectivity index (χ2n) is 6.52. The van der Waals surface area contributed by atoms with Gasteiger partial charge in [-0.3, -0.25) is 5.73 Å². The lowest BCUT2D eigenvalue weighted by atomic mass is 10.0. The predicted molar refractivity (Wildman–Crippen MR) is 110 cm³/mol. The zero-order chi connectivity index (χ0) is 19.4. The van der Waals surface area contributed by atoms with E-state index in [4.69, 9.17) is 17.3 Å². The molecule has 6 N–H and O–H groups in total. The van der Waals surface area contributed by atoms with Crippen molar-refractivity contribution >= 4 is 29.2 Å². The topological polar surface area (TPSA) is 103 Å². The molecule has 1 heterocycles. The molecule has 142 valence electrons. The highest BCUT2D eigenvalue weighted by Gasteiger charge is 2.27. The zero-order valence-corrected chi connectivity index (χ0v) is 15.7. The largest absolute Gasteiger partial charge is 0.396 e. The highest BCUT2D eigenvalue weighted by molar-refractivity contribution is 6.30. The minimum absolute atomic E-state index is 0.108. The van der Waals surface area contributed by atoms with E-state index in [2.05, 4.69) is 15.6 Å². The van der Waals surface area contributed by atoms with Crippen molar-refractivity contribution in [1.29, 1.82) is 0 Å². The summed E-state index contributed by atoms with van der Waals surface area (Å²) in [7, 11) is 0. The van der Waals surface area contributed by atoms with E-state index in [0.29, 0.717) is 5.02 Å². The van der Waals surface area contributed by atoms with Gasteiger partial charge in [-0.25, -0.2) is 4.99 Å². The molecular formula is C20H23ClN4O2. The number of rotatable bonds is 6. The fourth-order valence-electron chi connectivity index (χ4n) is 2.94. The Kier molecular flexibility index (Phi) is 5.82. The van der Waals surface area contributed by atoms with Gasteiger partial charge in [-0.2, -0.15) is 0 Å². The lowest BCUT2D eigenvalue weighted by Crippen LogP contribution is -2.58. The Labute approximate surface area is 163 Å². The van der Waals surface area contributed by atoms with Crippen LogP contribution in [-0.4, -0.2) is 35.6 Å². The van der Waals surface area contributed by atoms with Crippen molar-refractivity contribution in [2.75, 3.05) is 18.5 Å². The van der Waals surface area contributed by atoms with Crippen molar-refractivity contribution in [2.45, 2.75) is 18.8 Å². The minimum Gasteiger partial charge on any atom is -0.396 e. The third-order valence-electron chi connectivity index (χ3n) is 4.49. The monoisotopic (exact) mass is 386 g/mol. The van der Waals surface area contributed by atoms with Crippen LogP contribution in [0.5, 0.6) is 0 Å². The normalized spacial score (nSPS) is 19.0. The minimum atomic E-state index is -1.21. The third kappa shape index (κ3) is 4.48. The summed E-state index contributed by atoms with van der Waals surface area (Å²) in [5.41, 5.74) is 10.8. The van der Waals surface area contributed by atoms with Crippen LogP contribution in [0.25, 0.3) is 5.70 Å². The van der Waals surface area contributed by atoms with Gasteiger partial charge in [0.1, 0.15) is 0 Å². The van der Waals surface area contributed by atoms with Crippen LogP contribution in [0.1, 0.15) is 22.6 Å². The molecule has 0 fully saturated rings. The molecule has 0 saturated heterocycles. The average molecular weight is 387 g/mol. The van der Waals surface area contributed by atoms with E-state index < -0.39 is 5.91 Å². The molecule has 27 heavy (non-hydrogen) atoms. The number of allylic oxidation sites excluding steroid dienone is 1. The Balaban J connectivity index is 1.77. The first-order valence-electron chi connectivity index (χ1n) is 8.63. The number of halogens is 1. The highest BCUT2D eigenvalue weighted by Crippen LogP contribution is 2.25. The summed E-state index contributed by atoms with van der Waals surface area (Å²) in [6, 6.07) is 13.0. The molecule has 1 aliphatic heterocycles. The second kappa shape index (κ2) is 8.10. The number of aryl methyl sites for hydroxylation is 1. The molecule has 0 radical (unpaired) electrons. The molecule has 1 unspecified atom stereocenters. The Morgan fingerprint density at radius 2 is 1.89 bits per heavy atom. The second-order valence-corrected chi connectivity index (χ2v) is 6.95. The summed E-state index contributed by atoms with van der Waals surface area (Å²) in [5, 5.41) is 25.6. The van der Waals surface area contributed by atoms with Crippen LogP contribution in [0.2, 0.25) is 5.02 Å². The van der Waals surface area contributed by atoms with Gasteiger partial charge in [-0.05, 0) is 48.4 Å². The van der Waals surface area contributed by atoms with Crippen molar-refractivity contribution in [3.63, 3.8) is 0 Å². The first-order chi connectivity index (χ1) is 12.9. The molecule has 1 atom stereocenters. The molecule has 0 bridgehead atoms. The molecular weight excluding hydrogens is 364 g/mol. The number of hydrogen-bond acceptors (Lipinski definition) is 6. The number of benzene rings is 2. The first-order valence-corrected chi connectivity index (χ1v) is 9.01. The summed E-state index contributed by atoms with van der Waals surface area (Å²) in [6.07, 6.45) is 3.50. The van der Waals surface area contributed by atoms with Gasteiger partial charge in [0.15, 0.2) is 0 Å². The van der Waals surface area contributed by atoms with Crippen LogP contribution in [0.4, 0.5) is 5.69 Å². The van der Waals surface area contributed by atoms with E-state index in [1.165, 1.54) is 0 Å². The number of hydrogen-bond donors (Lipinski definition) is 5. The van der Waals surface area contributed by atoms with Crippen LogP contribution in [0, 0.1) is 6.92 Å². The number of nitrogens with one attached hydrogen (secondary N) is 2. The summed E-state index contributed by atoms with van der Waals surface area (Å²) in [4.78, 5) is 4.32. The number of aliphatic imine (C=N–C) groups is 1. The molecule has 0 amide bonds. The smallest absolute Gasteiger partial charge is 0.263 e. The van der Waals surface area contributed by atoms with Crippen LogP contribution < -0.4 is 16.4 Å². The van der Waals surface area contributed by atoms with Gasteiger partial charge in [0.05, 0.1) is 13.2 Å². The van der Waals surface area contributed by atoms with Crippen LogP contribution in [-0.2, 0) is 0 Å². The molecule has 0 aromatic heterocycles. The molecule has 2 aromatic rings. The highest BCUT2D eigenvalue weighted by atomic mass is 35.5. The van der Waals surface area contributed by atoms with Gasteiger partial charge in [0.25, 0.3) is 5.91 Å². The average Bonchev–Trinajstić information content (AvgIpc) is 2.66. The van der Waals surface area contributed by atoms with Crippen LogP contribution in [0.15, 0.2) is 53.5 Å². The fourth-order valence-corrected chi connectivity index (χ4v) is 3.11. The Hall–Kier alpha value is -2.38. The number of aliphatic hydroxyl groups is 2. The van der Waals surface area contributed by atoms with E-state index in [1.807, 2.05) is 55.5 Å². The van der Waals surface area contributed by atoms with Gasteiger partial charge < -0.3 is 20.8 Å². The zero-order valence-electron chi connectivity index (χ0n) is 15.0. The lowest BCUT2D eigenvalue weighted by Gasteiger charge is -2.33. The van der Waals surface area contributed by atoms with Gasteiger partial charge >= 0.3 is 0 Å². The first kappa shape index (κ1) is 19.4. The van der Waals surface area contributed by atoms with Crippen LogP contribution >= 0.6 is 11.6 Å². The van der Waals surface area contributed by atoms with Gasteiger partial charge in [0.2, 0.25) is 0 Å². The maximum Gasteiger partial charge on any atom is 0.263 e. The number of anilines is 1. The Morgan fingerprint density at radius 3 is 2.56 bits per heavy atom. The standard InChI is InChI=1S/C20H23ClN4O2/c1-13-2-5-16(21)10-18(13)19-8-9-23-20(22,25-19)24-17-6-3-14(4-7-17)15(11-26)12-27/h2-10,15,24-27H,11-12,22H2,1H3. The maximum atomic E-state index is 9.29. The SMILES string of the molecule is Cc1ccc(Cl)cc1C1=CC=NC(N)(Nc2ccc(C(CO)CO)cc2)N1. The van der Waals surface area contributed by atoms with Gasteiger partial charge in [-0.1, -0.05) is 29.8 Å². The van der Waals surface area contributed by atoms with E-state index in [1.54, 1.807) is 6.21 Å².